The van der Waals surface area contributed by atoms with E-state index in [-0.39, 0.29) is 18.4 Å². The van der Waals surface area contributed by atoms with Gasteiger partial charge in [0.25, 0.3) is 0 Å². The summed E-state index contributed by atoms with van der Waals surface area (Å²) in [5.41, 5.74) is 2.28. The summed E-state index contributed by atoms with van der Waals surface area (Å²) in [5.74, 6) is 0.510. The van der Waals surface area contributed by atoms with Gasteiger partial charge in [0.2, 0.25) is 5.91 Å². The molecule has 2 atom stereocenters. The second kappa shape index (κ2) is 9.21. The number of carbonyl (C=O) groups excluding carboxylic acids is 1. The van der Waals surface area contributed by atoms with Crippen LogP contribution in [0, 0.1) is 0 Å². The van der Waals surface area contributed by atoms with E-state index in [2.05, 4.69) is 5.32 Å². The van der Waals surface area contributed by atoms with E-state index in [9.17, 15) is 9.90 Å². The molecular weight excluding hydrogens is 421 g/mol. The average Bonchev–Trinajstić information content (AvgIpc) is 3.14. The van der Waals surface area contributed by atoms with E-state index < -0.39 is 6.10 Å². The second-order valence-corrected chi connectivity index (χ2v) is 8.43. The van der Waals surface area contributed by atoms with Crippen molar-refractivity contribution in [1.82, 2.24) is 14.9 Å². The molecule has 156 valence electrons. The zero-order valence-electron chi connectivity index (χ0n) is 16.4. The minimum absolute atomic E-state index is 0.126. The zero-order chi connectivity index (χ0) is 21.1. The summed E-state index contributed by atoms with van der Waals surface area (Å²) < 4.78 is 1.91. The average molecular weight is 444 g/mol. The van der Waals surface area contributed by atoms with E-state index in [0.29, 0.717) is 21.6 Å². The molecule has 0 bridgehead atoms. The van der Waals surface area contributed by atoms with E-state index in [1.807, 2.05) is 59.3 Å². The molecule has 2 aromatic carbocycles. The molecule has 1 saturated carbocycles. The van der Waals surface area contributed by atoms with Gasteiger partial charge >= 0.3 is 0 Å². The molecule has 1 fully saturated rings. The summed E-state index contributed by atoms with van der Waals surface area (Å²) in [7, 11) is 0. The van der Waals surface area contributed by atoms with E-state index in [1.54, 1.807) is 0 Å². The van der Waals surface area contributed by atoms with Crippen LogP contribution in [0.4, 0.5) is 0 Å². The molecule has 4 rings (SSSR count). The van der Waals surface area contributed by atoms with E-state index in [0.717, 1.165) is 36.9 Å². The Labute approximate surface area is 185 Å². The van der Waals surface area contributed by atoms with Crippen LogP contribution in [0.1, 0.15) is 31.4 Å². The third kappa shape index (κ3) is 4.69. The van der Waals surface area contributed by atoms with Gasteiger partial charge in [0.1, 0.15) is 5.82 Å². The predicted molar refractivity (Wildman–Crippen MR) is 119 cm³/mol. The molecular formula is C23H23Cl2N3O2. The number of nitrogens with zero attached hydrogens (tertiary/aromatic N) is 2. The van der Waals surface area contributed by atoms with Crippen molar-refractivity contribution in [3.63, 3.8) is 0 Å². The first kappa shape index (κ1) is 20.9. The summed E-state index contributed by atoms with van der Waals surface area (Å²) in [4.78, 5) is 17.3. The molecule has 3 aromatic rings. The number of nitrogens with one attached hydrogen (secondary N) is 1. The number of halogens is 2. The molecule has 0 aliphatic heterocycles. The summed E-state index contributed by atoms with van der Waals surface area (Å²) in [6.07, 6.45) is 5.04. The van der Waals surface area contributed by atoms with Gasteiger partial charge < -0.3 is 10.4 Å². The largest absolute Gasteiger partial charge is 0.391 e. The summed E-state index contributed by atoms with van der Waals surface area (Å²) in [5, 5.41) is 14.3. The SMILES string of the molecule is O=C(Cc1cn(-c2ccc(Cl)cc2)c(-c2ccccc2Cl)n1)N[C@H]1CCCC[C@@H]1O. The quantitative estimate of drug-likeness (QED) is 0.594. The molecule has 0 radical (unpaired) electrons. The van der Waals surface area contributed by atoms with Crippen LogP contribution in [0.15, 0.2) is 54.7 Å². The van der Waals surface area contributed by atoms with Gasteiger partial charge in [0, 0.05) is 22.5 Å². The Morgan fingerprint density at radius 1 is 1.10 bits per heavy atom. The van der Waals surface area contributed by atoms with Gasteiger partial charge in [-0.1, -0.05) is 48.2 Å². The Morgan fingerprint density at radius 3 is 2.57 bits per heavy atom. The molecule has 0 spiro atoms. The Kier molecular flexibility index (Phi) is 6.42. The Bertz CT molecular complexity index is 1030. The van der Waals surface area contributed by atoms with Gasteiger partial charge in [-0.25, -0.2) is 4.98 Å². The van der Waals surface area contributed by atoms with Gasteiger partial charge in [-0.2, -0.15) is 0 Å². The number of aliphatic hydroxyl groups excluding tert-OH is 1. The third-order valence-corrected chi connectivity index (χ3v) is 5.97. The highest BCUT2D eigenvalue weighted by molar-refractivity contribution is 6.33. The molecule has 0 unspecified atom stereocenters. The number of carbonyl (C=O) groups is 1. The van der Waals surface area contributed by atoms with Crippen LogP contribution in [0.2, 0.25) is 10.0 Å². The Balaban J connectivity index is 1.62. The monoisotopic (exact) mass is 443 g/mol. The fraction of sp³-hybridized carbons (Fsp3) is 0.304. The first-order chi connectivity index (χ1) is 14.5. The Morgan fingerprint density at radius 2 is 1.83 bits per heavy atom. The standard InChI is InChI=1S/C23H23Cl2N3O2/c24-15-9-11-17(12-10-15)28-14-16(26-23(28)18-5-1-2-6-19(18)25)13-22(30)27-20-7-3-4-8-21(20)29/h1-2,5-6,9-12,14,20-21,29H,3-4,7-8,13H2,(H,27,30)/t20-,21-/m0/s1. The number of aromatic nitrogens is 2. The lowest BCUT2D eigenvalue weighted by Gasteiger charge is -2.28. The molecule has 5 nitrogen and oxygen atoms in total. The van der Waals surface area contributed by atoms with Crippen LogP contribution in [0.25, 0.3) is 17.1 Å². The number of hydrogen-bond acceptors (Lipinski definition) is 3. The number of hydrogen-bond donors (Lipinski definition) is 2. The fourth-order valence-corrected chi connectivity index (χ4v) is 4.19. The minimum atomic E-state index is -0.479. The maximum Gasteiger partial charge on any atom is 0.226 e. The van der Waals surface area contributed by atoms with Gasteiger partial charge in [0.15, 0.2) is 0 Å². The van der Waals surface area contributed by atoms with Crippen LogP contribution in [-0.2, 0) is 11.2 Å². The van der Waals surface area contributed by atoms with E-state index >= 15 is 0 Å². The minimum Gasteiger partial charge on any atom is -0.391 e. The lowest BCUT2D eigenvalue weighted by atomic mass is 9.92. The van der Waals surface area contributed by atoms with Crippen molar-refractivity contribution >= 4 is 29.1 Å². The molecule has 1 aliphatic rings. The normalized spacial score (nSPS) is 18.9. The maximum absolute atomic E-state index is 12.6. The lowest BCUT2D eigenvalue weighted by molar-refractivity contribution is -0.122. The van der Waals surface area contributed by atoms with Crippen LogP contribution < -0.4 is 5.32 Å². The van der Waals surface area contributed by atoms with Crippen LogP contribution in [0.5, 0.6) is 0 Å². The van der Waals surface area contributed by atoms with Crippen molar-refractivity contribution in [3.8, 4) is 17.1 Å². The molecule has 1 aliphatic carbocycles. The van der Waals surface area contributed by atoms with Crippen LogP contribution >= 0.6 is 23.2 Å². The predicted octanol–water partition coefficient (Wildman–Crippen LogP) is 4.81. The molecule has 2 N–H and O–H groups in total. The smallest absolute Gasteiger partial charge is 0.226 e. The number of rotatable bonds is 5. The zero-order valence-corrected chi connectivity index (χ0v) is 17.9. The van der Waals surface area contributed by atoms with Crippen molar-refractivity contribution in [2.24, 2.45) is 0 Å². The number of amides is 1. The highest BCUT2D eigenvalue weighted by Crippen LogP contribution is 2.30. The summed E-state index contributed by atoms with van der Waals surface area (Å²) in [6, 6.07) is 14.7. The summed E-state index contributed by atoms with van der Waals surface area (Å²) in [6.45, 7) is 0. The van der Waals surface area contributed by atoms with Crippen LogP contribution in [-0.4, -0.2) is 32.7 Å². The first-order valence-electron chi connectivity index (χ1n) is 10.1. The van der Waals surface area contributed by atoms with Crippen molar-refractivity contribution in [2.75, 3.05) is 0 Å². The van der Waals surface area contributed by atoms with Gasteiger partial charge in [0.05, 0.1) is 29.3 Å². The molecule has 0 saturated heterocycles. The van der Waals surface area contributed by atoms with Crippen molar-refractivity contribution in [1.29, 1.82) is 0 Å². The third-order valence-electron chi connectivity index (χ3n) is 5.39. The van der Waals surface area contributed by atoms with Gasteiger partial charge in [-0.15, -0.1) is 0 Å². The Hall–Kier alpha value is -2.34. The van der Waals surface area contributed by atoms with Crippen LogP contribution in [0.3, 0.4) is 0 Å². The molecule has 7 heteroatoms. The fourth-order valence-electron chi connectivity index (χ4n) is 3.85. The highest BCUT2D eigenvalue weighted by Gasteiger charge is 2.25. The summed E-state index contributed by atoms with van der Waals surface area (Å²) >= 11 is 12.5. The topological polar surface area (TPSA) is 67.2 Å². The molecule has 1 amide bonds. The van der Waals surface area contributed by atoms with Gasteiger partial charge in [-0.3, -0.25) is 9.36 Å². The number of benzene rings is 2. The maximum atomic E-state index is 12.6. The first-order valence-corrected chi connectivity index (χ1v) is 10.8. The molecule has 1 heterocycles. The van der Waals surface area contributed by atoms with Crippen molar-refractivity contribution in [2.45, 2.75) is 44.2 Å². The van der Waals surface area contributed by atoms with Crippen molar-refractivity contribution in [3.05, 3.63) is 70.5 Å². The number of aliphatic hydroxyl groups is 1. The van der Waals surface area contributed by atoms with E-state index in [1.165, 1.54) is 0 Å². The molecule has 1 aromatic heterocycles. The van der Waals surface area contributed by atoms with Gasteiger partial charge in [-0.05, 0) is 49.2 Å². The lowest BCUT2D eigenvalue weighted by Crippen LogP contribution is -2.45. The van der Waals surface area contributed by atoms with Crippen molar-refractivity contribution < 1.29 is 9.90 Å². The molecule has 30 heavy (non-hydrogen) atoms. The highest BCUT2D eigenvalue weighted by atomic mass is 35.5. The van der Waals surface area contributed by atoms with E-state index in [4.69, 9.17) is 28.2 Å². The second-order valence-electron chi connectivity index (χ2n) is 7.58. The number of imidazole rings is 1.